The molecule has 0 aromatic carbocycles. The van der Waals surface area contributed by atoms with Crippen LogP contribution < -0.4 is 0 Å². The molecule has 0 amide bonds. The Labute approximate surface area is 108 Å². The molecule has 0 bridgehead atoms. The van der Waals surface area contributed by atoms with Crippen LogP contribution in [0.15, 0.2) is 24.3 Å². The van der Waals surface area contributed by atoms with Gasteiger partial charge >= 0.3 is 11.9 Å². The maximum Gasteiger partial charge on any atom is 0.337 e. The van der Waals surface area contributed by atoms with Crippen LogP contribution in [0.5, 0.6) is 0 Å². The van der Waals surface area contributed by atoms with E-state index >= 15 is 0 Å². The van der Waals surface area contributed by atoms with Crippen LogP contribution in [0, 0.1) is 0 Å². The van der Waals surface area contributed by atoms with Crippen molar-refractivity contribution in [3.05, 3.63) is 24.3 Å². The van der Waals surface area contributed by atoms with Gasteiger partial charge in [0, 0.05) is 6.08 Å². The van der Waals surface area contributed by atoms with Crippen LogP contribution in [-0.2, 0) is 14.3 Å². The van der Waals surface area contributed by atoms with E-state index in [1.807, 2.05) is 6.92 Å². The molecule has 4 nitrogen and oxygen atoms in total. The molecule has 0 fully saturated rings. The van der Waals surface area contributed by atoms with Crippen LogP contribution in [0.3, 0.4) is 0 Å². The van der Waals surface area contributed by atoms with Crippen LogP contribution in [0.25, 0.3) is 0 Å². The SMILES string of the molecule is C=C(C=CC(=O)O)C(=O)OC(CC)CCCCC. The number of rotatable bonds is 9. The van der Waals surface area contributed by atoms with E-state index in [1.165, 1.54) is 0 Å². The van der Waals surface area contributed by atoms with Crippen LogP contribution in [0.2, 0.25) is 0 Å². The molecule has 0 aromatic heterocycles. The predicted octanol–water partition coefficient (Wildman–Crippen LogP) is 3.09. The lowest BCUT2D eigenvalue weighted by Gasteiger charge is -2.15. The van der Waals surface area contributed by atoms with Crippen molar-refractivity contribution in [2.45, 2.75) is 52.1 Å². The normalized spacial score (nSPS) is 12.3. The number of unbranched alkanes of at least 4 members (excludes halogenated alkanes) is 2. The van der Waals surface area contributed by atoms with Gasteiger partial charge in [-0.25, -0.2) is 9.59 Å². The number of carbonyl (C=O) groups excluding carboxylic acids is 1. The minimum absolute atomic E-state index is 0.0614. The summed E-state index contributed by atoms with van der Waals surface area (Å²) in [6.45, 7) is 7.56. The molecule has 0 spiro atoms. The van der Waals surface area contributed by atoms with Crippen molar-refractivity contribution in [3.8, 4) is 0 Å². The fraction of sp³-hybridized carbons (Fsp3) is 0.571. The standard InChI is InChI=1S/C14H22O4/c1-4-6-7-8-12(5-2)18-14(17)11(3)9-10-13(15)16/h9-10,12H,3-8H2,1-2H3,(H,15,16). The highest BCUT2D eigenvalue weighted by Gasteiger charge is 2.13. The summed E-state index contributed by atoms with van der Waals surface area (Å²) in [5.74, 6) is -1.66. The van der Waals surface area contributed by atoms with Crippen molar-refractivity contribution in [1.29, 1.82) is 0 Å². The Bertz CT molecular complexity index is 318. The highest BCUT2D eigenvalue weighted by Crippen LogP contribution is 2.12. The predicted molar refractivity (Wildman–Crippen MR) is 70.2 cm³/mol. The molecule has 0 aromatic rings. The lowest BCUT2D eigenvalue weighted by Crippen LogP contribution is -2.18. The maximum absolute atomic E-state index is 11.6. The van der Waals surface area contributed by atoms with Crippen molar-refractivity contribution in [1.82, 2.24) is 0 Å². The molecule has 0 saturated carbocycles. The monoisotopic (exact) mass is 254 g/mol. The quantitative estimate of drug-likeness (QED) is 0.297. The van der Waals surface area contributed by atoms with Gasteiger partial charge in [0.2, 0.25) is 0 Å². The second-order valence-corrected chi connectivity index (χ2v) is 4.13. The van der Waals surface area contributed by atoms with Gasteiger partial charge in [-0.2, -0.15) is 0 Å². The molecule has 102 valence electrons. The lowest BCUT2D eigenvalue weighted by molar-refractivity contribution is -0.144. The third-order valence-corrected chi connectivity index (χ3v) is 2.55. The molecular formula is C14H22O4. The Kier molecular flexibility index (Phi) is 8.62. The summed E-state index contributed by atoms with van der Waals surface area (Å²) in [6, 6.07) is 0. The Balaban J connectivity index is 4.17. The molecule has 1 unspecified atom stereocenters. The van der Waals surface area contributed by atoms with E-state index in [1.54, 1.807) is 0 Å². The first-order valence-corrected chi connectivity index (χ1v) is 6.32. The van der Waals surface area contributed by atoms with E-state index in [-0.39, 0.29) is 11.7 Å². The zero-order valence-corrected chi connectivity index (χ0v) is 11.1. The molecule has 0 aliphatic heterocycles. The van der Waals surface area contributed by atoms with Gasteiger partial charge in [-0.05, 0) is 25.3 Å². The van der Waals surface area contributed by atoms with Gasteiger partial charge in [0.05, 0.1) is 5.57 Å². The van der Waals surface area contributed by atoms with Gasteiger partial charge < -0.3 is 9.84 Å². The highest BCUT2D eigenvalue weighted by molar-refractivity contribution is 5.93. The van der Waals surface area contributed by atoms with E-state index in [9.17, 15) is 9.59 Å². The van der Waals surface area contributed by atoms with Crippen molar-refractivity contribution in [2.75, 3.05) is 0 Å². The van der Waals surface area contributed by atoms with Crippen molar-refractivity contribution < 1.29 is 19.4 Å². The topological polar surface area (TPSA) is 63.6 Å². The third kappa shape index (κ3) is 7.65. The summed E-state index contributed by atoms with van der Waals surface area (Å²) < 4.78 is 5.26. The minimum Gasteiger partial charge on any atom is -0.478 e. The largest absolute Gasteiger partial charge is 0.478 e. The molecule has 0 aliphatic rings. The summed E-state index contributed by atoms with van der Waals surface area (Å²) in [7, 11) is 0. The number of ether oxygens (including phenoxy) is 1. The lowest BCUT2D eigenvalue weighted by atomic mass is 10.1. The van der Waals surface area contributed by atoms with Crippen LogP contribution in [0.4, 0.5) is 0 Å². The summed E-state index contributed by atoms with van der Waals surface area (Å²) in [5.41, 5.74) is 0.0614. The second kappa shape index (κ2) is 9.45. The summed E-state index contributed by atoms with van der Waals surface area (Å²) in [5, 5.41) is 8.44. The Morgan fingerprint density at radius 1 is 1.28 bits per heavy atom. The fourth-order valence-corrected chi connectivity index (χ4v) is 1.44. The first-order chi connectivity index (χ1) is 8.51. The van der Waals surface area contributed by atoms with Crippen LogP contribution >= 0.6 is 0 Å². The van der Waals surface area contributed by atoms with Gasteiger partial charge in [-0.15, -0.1) is 0 Å². The molecule has 0 heterocycles. The number of hydrogen-bond acceptors (Lipinski definition) is 3. The molecule has 0 saturated heterocycles. The smallest absolute Gasteiger partial charge is 0.337 e. The van der Waals surface area contributed by atoms with E-state index in [4.69, 9.17) is 9.84 Å². The Morgan fingerprint density at radius 2 is 1.94 bits per heavy atom. The average Bonchev–Trinajstić information content (AvgIpc) is 2.34. The first-order valence-electron chi connectivity index (χ1n) is 6.32. The van der Waals surface area contributed by atoms with Crippen molar-refractivity contribution in [3.63, 3.8) is 0 Å². The van der Waals surface area contributed by atoms with Crippen molar-refractivity contribution >= 4 is 11.9 Å². The third-order valence-electron chi connectivity index (χ3n) is 2.55. The number of carbonyl (C=O) groups is 2. The first kappa shape index (κ1) is 16.4. The van der Waals surface area contributed by atoms with Gasteiger partial charge in [0.25, 0.3) is 0 Å². The number of aliphatic carboxylic acids is 1. The zero-order chi connectivity index (χ0) is 14.0. The number of carboxylic acids is 1. The van der Waals surface area contributed by atoms with Crippen LogP contribution in [0.1, 0.15) is 46.0 Å². The zero-order valence-electron chi connectivity index (χ0n) is 11.1. The minimum atomic E-state index is -1.11. The fourth-order valence-electron chi connectivity index (χ4n) is 1.44. The number of hydrogen-bond donors (Lipinski definition) is 1. The molecule has 0 radical (unpaired) electrons. The summed E-state index contributed by atoms with van der Waals surface area (Å²) >= 11 is 0. The van der Waals surface area contributed by atoms with Gasteiger partial charge in [0.15, 0.2) is 0 Å². The molecule has 0 rings (SSSR count). The van der Waals surface area contributed by atoms with Gasteiger partial charge in [-0.3, -0.25) is 0 Å². The van der Waals surface area contributed by atoms with Gasteiger partial charge in [0.1, 0.15) is 6.10 Å². The summed E-state index contributed by atoms with van der Waals surface area (Å²) in [4.78, 5) is 21.9. The maximum atomic E-state index is 11.6. The number of esters is 1. The van der Waals surface area contributed by atoms with Gasteiger partial charge in [-0.1, -0.05) is 33.3 Å². The summed E-state index contributed by atoms with van der Waals surface area (Å²) in [6.07, 6.45) is 6.79. The highest BCUT2D eigenvalue weighted by atomic mass is 16.5. The van der Waals surface area contributed by atoms with E-state index in [2.05, 4.69) is 13.5 Å². The van der Waals surface area contributed by atoms with Crippen molar-refractivity contribution in [2.24, 2.45) is 0 Å². The van der Waals surface area contributed by atoms with E-state index < -0.39 is 11.9 Å². The molecule has 0 aliphatic carbocycles. The Morgan fingerprint density at radius 3 is 2.44 bits per heavy atom. The molecule has 1 atom stereocenters. The van der Waals surface area contributed by atoms with E-state index in [0.29, 0.717) is 0 Å². The van der Waals surface area contributed by atoms with E-state index in [0.717, 1.165) is 44.3 Å². The molecule has 4 heteroatoms. The second-order valence-electron chi connectivity index (χ2n) is 4.13. The number of carboxylic acid groups (broad SMARTS) is 1. The van der Waals surface area contributed by atoms with Crippen LogP contribution in [-0.4, -0.2) is 23.1 Å². The average molecular weight is 254 g/mol. The Hall–Kier alpha value is -1.58. The molecule has 1 N–H and O–H groups in total. The molecular weight excluding hydrogens is 232 g/mol. The molecule has 18 heavy (non-hydrogen) atoms.